The molecule has 0 aliphatic rings. The predicted molar refractivity (Wildman–Crippen MR) is 31.1 cm³/mol. The van der Waals surface area contributed by atoms with Gasteiger partial charge in [0, 0.05) is 0 Å². The second-order valence-electron chi connectivity index (χ2n) is 1.14. The molecule has 0 aromatic rings. The van der Waals surface area contributed by atoms with Gasteiger partial charge >= 0.3 is 75.8 Å². The van der Waals surface area contributed by atoms with E-state index in [1.165, 1.54) is 20.8 Å². The third-order valence-electron chi connectivity index (χ3n) is 0.544. The van der Waals surface area contributed by atoms with Crippen molar-refractivity contribution in [3.8, 4) is 0 Å². The molecule has 2 atom stereocenters. The topological polar surface area (TPSA) is 9.23 Å². The zero-order valence-corrected chi connectivity index (χ0v) is 7.73. The van der Waals surface area contributed by atoms with Crippen molar-refractivity contribution >= 4 is 34.8 Å². The van der Waals surface area contributed by atoms with E-state index in [1.807, 2.05) is 0 Å². The average molecular weight is 210 g/mol. The molecule has 0 saturated carbocycles. The van der Waals surface area contributed by atoms with Gasteiger partial charge in [0.15, 0.2) is 0 Å². The zero-order valence-electron chi connectivity index (χ0n) is 3.90. The van der Waals surface area contributed by atoms with Crippen molar-refractivity contribution in [3.05, 3.63) is 0 Å². The monoisotopic (exact) mass is 209 g/mol. The van der Waals surface area contributed by atoms with Crippen LogP contribution >= 0.6 is 34.8 Å². The molecule has 0 radical (unpaired) electrons. The summed E-state index contributed by atoms with van der Waals surface area (Å²) in [6.45, 7) is 0. The molecule has 47 valence electrons. The molecule has 0 heterocycles. The number of hydrogen-bond donors (Lipinski definition) is 0. The normalized spacial score (nSPS) is 17.8. The van der Waals surface area contributed by atoms with Crippen molar-refractivity contribution in [1.82, 2.24) is 0 Å². The van der Waals surface area contributed by atoms with Crippen LogP contribution < -0.4 is 0 Å². The van der Waals surface area contributed by atoms with Crippen LogP contribution in [0.5, 0.6) is 0 Å². The van der Waals surface area contributed by atoms with Crippen molar-refractivity contribution in [2.24, 2.45) is 0 Å². The van der Waals surface area contributed by atoms with Gasteiger partial charge in [0.1, 0.15) is 0 Å². The van der Waals surface area contributed by atoms with Gasteiger partial charge < -0.3 is 0 Å². The Labute approximate surface area is 75.5 Å². The van der Waals surface area contributed by atoms with Crippen molar-refractivity contribution in [2.75, 3.05) is 5.88 Å². The van der Waals surface area contributed by atoms with E-state index in [-0.39, 0.29) is 5.38 Å². The van der Waals surface area contributed by atoms with E-state index in [4.69, 9.17) is 34.8 Å². The molecule has 0 aromatic carbocycles. The Balaban J connectivity index is 3.29. The molecule has 8 heavy (non-hydrogen) atoms. The van der Waals surface area contributed by atoms with Gasteiger partial charge in [0.25, 0.3) is 0 Å². The van der Waals surface area contributed by atoms with E-state index in [2.05, 4.69) is 3.32 Å². The molecule has 0 fully saturated rings. The summed E-state index contributed by atoms with van der Waals surface area (Å²) in [7, 11) is 0. The van der Waals surface area contributed by atoms with E-state index in [1.54, 1.807) is 0 Å². The molecular weight excluding hydrogens is 206 g/mol. The number of halogens is 3. The molecule has 0 aliphatic carbocycles. The first-order chi connectivity index (χ1) is 3.72. The van der Waals surface area contributed by atoms with Crippen LogP contribution in [0.15, 0.2) is 0 Å². The van der Waals surface area contributed by atoms with Crippen molar-refractivity contribution in [1.29, 1.82) is 0 Å². The molecular formula is C3H4Cl3OTi. The molecule has 0 bridgehead atoms. The zero-order chi connectivity index (χ0) is 6.57. The first kappa shape index (κ1) is 9.54. The minimum atomic E-state index is -0.478. The van der Waals surface area contributed by atoms with E-state index in [0.29, 0.717) is 5.88 Å². The molecule has 0 aliphatic heterocycles. The second-order valence-corrected chi connectivity index (χ2v) is 2.81. The van der Waals surface area contributed by atoms with Crippen LogP contribution in [0.1, 0.15) is 0 Å². The first-order valence-electron chi connectivity index (χ1n) is 1.89. The van der Waals surface area contributed by atoms with E-state index < -0.39 is 5.56 Å². The number of rotatable bonds is 3. The Morgan fingerprint density at radius 2 is 2.00 bits per heavy atom. The summed E-state index contributed by atoms with van der Waals surface area (Å²) in [4.78, 5) is 0. The summed E-state index contributed by atoms with van der Waals surface area (Å²) in [5, 5.41) is -0.302. The van der Waals surface area contributed by atoms with Gasteiger partial charge in [-0.05, 0) is 0 Å². The maximum atomic E-state index is 5.53. The molecule has 0 N–H and O–H groups in total. The Hall–Kier alpha value is 1.54. The van der Waals surface area contributed by atoms with Crippen LogP contribution in [-0.2, 0) is 24.1 Å². The first-order valence-corrected chi connectivity index (χ1v) is 3.93. The van der Waals surface area contributed by atoms with Gasteiger partial charge in [-0.1, -0.05) is 0 Å². The van der Waals surface area contributed by atoms with Gasteiger partial charge in [-0.2, -0.15) is 0 Å². The molecule has 0 aromatic heterocycles. The fourth-order valence-electron chi connectivity index (χ4n) is 0.144. The molecule has 0 rings (SSSR count). The van der Waals surface area contributed by atoms with Crippen LogP contribution in [-0.4, -0.2) is 16.8 Å². The maximum absolute atomic E-state index is 5.53. The molecule has 0 amide bonds. The summed E-state index contributed by atoms with van der Waals surface area (Å²) in [6.07, 6.45) is 0. The summed E-state index contributed by atoms with van der Waals surface area (Å²) < 4.78 is 4.65. The Bertz CT molecular complexity index is 54.5. The van der Waals surface area contributed by atoms with Gasteiger partial charge in [0.05, 0.1) is 0 Å². The van der Waals surface area contributed by atoms with E-state index >= 15 is 0 Å². The average Bonchev–Trinajstić information content (AvgIpc) is 1.84. The number of hydrogen-bond acceptors (Lipinski definition) is 1. The van der Waals surface area contributed by atoms with Crippen molar-refractivity contribution in [3.63, 3.8) is 0 Å². The van der Waals surface area contributed by atoms with Crippen molar-refractivity contribution < 1.29 is 24.1 Å². The Kier molecular flexibility index (Phi) is 6.37. The van der Waals surface area contributed by atoms with Crippen LogP contribution in [0.25, 0.3) is 0 Å². The van der Waals surface area contributed by atoms with Crippen LogP contribution in [0.2, 0.25) is 0 Å². The molecule has 0 spiro atoms. The molecule has 5 heteroatoms. The van der Waals surface area contributed by atoms with Gasteiger partial charge in [-0.25, -0.2) is 0 Å². The molecule has 0 saturated heterocycles. The number of alkyl halides is 3. The quantitative estimate of drug-likeness (QED) is 0.510. The fraction of sp³-hybridized carbons (Fsp3) is 1.00. The van der Waals surface area contributed by atoms with E-state index in [9.17, 15) is 0 Å². The van der Waals surface area contributed by atoms with Crippen molar-refractivity contribution in [2.45, 2.75) is 10.9 Å². The minimum absolute atomic E-state index is 0.302. The SMILES string of the molecule is ClCC(Cl)C(Cl)[O][Ti]. The molecule has 1 nitrogen and oxygen atoms in total. The van der Waals surface area contributed by atoms with Crippen LogP contribution in [0, 0.1) is 0 Å². The summed E-state index contributed by atoms with van der Waals surface area (Å²) >= 11 is 17.8. The second kappa shape index (κ2) is 5.34. The Morgan fingerprint density at radius 1 is 1.50 bits per heavy atom. The fourth-order valence-corrected chi connectivity index (χ4v) is 0.929. The van der Waals surface area contributed by atoms with Gasteiger partial charge in [-0.15, -0.1) is 0 Å². The van der Waals surface area contributed by atoms with Gasteiger partial charge in [0.2, 0.25) is 0 Å². The standard InChI is InChI=1S/C3H4Cl3O.Ti/c4-1-2(5)3(6)7;/h2-3H,1H2;/q-1;+1. The third kappa shape index (κ3) is 3.55. The summed E-state index contributed by atoms with van der Waals surface area (Å²) in [5.41, 5.74) is -0.478. The van der Waals surface area contributed by atoms with Gasteiger partial charge in [-0.3, -0.25) is 0 Å². The van der Waals surface area contributed by atoms with Crippen LogP contribution in [0.3, 0.4) is 0 Å². The van der Waals surface area contributed by atoms with E-state index in [0.717, 1.165) is 0 Å². The predicted octanol–water partition coefficient (Wildman–Crippen LogP) is 1.88. The third-order valence-corrected chi connectivity index (χ3v) is 2.57. The summed E-state index contributed by atoms with van der Waals surface area (Å²) in [6, 6.07) is 0. The Morgan fingerprint density at radius 3 is 2.12 bits per heavy atom. The summed E-state index contributed by atoms with van der Waals surface area (Å²) in [5.74, 6) is 0.309. The molecule has 2 unspecified atom stereocenters. The van der Waals surface area contributed by atoms with Crippen LogP contribution in [0.4, 0.5) is 0 Å².